The number of rotatable bonds is 9. The molecule has 3 aromatic rings. The first-order valence-electron chi connectivity index (χ1n) is 10.4. The van der Waals surface area contributed by atoms with E-state index in [1.54, 1.807) is 12.4 Å². The first kappa shape index (κ1) is 22.7. The summed E-state index contributed by atoms with van der Waals surface area (Å²) in [5.41, 5.74) is 5.04. The Morgan fingerprint density at radius 1 is 1.06 bits per heavy atom. The van der Waals surface area contributed by atoms with Gasteiger partial charge in [-0.1, -0.05) is 48.0 Å². The van der Waals surface area contributed by atoms with E-state index in [-0.39, 0.29) is 30.3 Å². The number of anilines is 1. The summed E-state index contributed by atoms with van der Waals surface area (Å²) in [5.74, 6) is 0.157. The fraction of sp³-hybridized carbons (Fsp3) is 0.333. The molecule has 0 saturated heterocycles. The third-order valence-corrected chi connectivity index (χ3v) is 6.76. The molecule has 0 saturated carbocycles. The SMILES string of the molecule is Cc1cc(C)c(NC(=O)CCCS(=O)(=O)Cc2nccn2Cc2ccccc2)c(C)c1. The minimum Gasteiger partial charge on any atom is -0.330 e. The molecule has 1 amide bonds. The Morgan fingerprint density at radius 3 is 2.42 bits per heavy atom. The molecule has 1 aromatic heterocycles. The Balaban J connectivity index is 1.53. The molecule has 0 fully saturated rings. The van der Waals surface area contributed by atoms with Crippen LogP contribution in [0.3, 0.4) is 0 Å². The Hall–Kier alpha value is -2.93. The molecule has 164 valence electrons. The highest BCUT2D eigenvalue weighted by Gasteiger charge is 2.17. The van der Waals surface area contributed by atoms with E-state index in [1.165, 1.54) is 0 Å². The minimum absolute atomic E-state index is 0.0511. The maximum Gasteiger partial charge on any atom is 0.224 e. The van der Waals surface area contributed by atoms with Crippen LogP contribution in [0.2, 0.25) is 0 Å². The van der Waals surface area contributed by atoms with E-state index in [9.17, 15) is 13.2 Å². The Bertz CT molecular complexity index is 1130. The number of sulfone groups is 1. The van der Waals surface area contributed by atoms with Gasteiger partial charge in [0.15, 0.2) is 9.84 Å². The van der Waals surface area contributed by atoms with Gasteiger partial charge in [-0.3, -0.25) is 4.79 Å². The monoisotopic (exact) mass is 439 g/mol. The van der Waals surface area contributed by atoms with Crippen LogP contribution >= 0.6 is 0 Å². The van der Waals surface area contributed by atoms with Gasteiger partial charge in [-0.2, -0.15) is 0 Å². The fourth-order valence-electron chi connectivity index (χ4n) is 3.70. The zero-order valence-corrected chi connectivity index (χ0v) is 19.1. The molecular formula is C24H29N3O3S. The molecule has 0 aliphatic rings. The lowest BCUT2D eigenvalue weighted by Gasteiger charge is -2.13. The van der Waals surface area contributed by atoms with Crippen LogP contribution in [0.5, 0.6) is 0 Å². The lowest BCUT2D eigenvalue weighted by molar-refractivity contribution is -0.116. The second-order valence-electron chi connectivity index (χ2n) is 7.97. The Kier molecular flexibility index (Phi) is 7.28. The van der Waals surface area contributed by atoms with Gasteiger partial charge in [-0.05, 0) is 43.9 Å². The number of aromatic nitrogens is 2. The lowest BCUT2D eigenvalue weighted by Crippen LogP contribution is -2.17. The number of aryl methyl sites for hydroxylation is 3. The van der Waals surface area contributed by atoms with Crippen LogP contribution in [0, 0.1) is 20.8 Å². The maximum atomic E-state index is 12.6. The first-order chi connectivity index (χ1) is 14.7. The number of benzene rings is 2. The number of carbonyl (C=O) groups is 1. The largest absolute Gasteiger partial charge is 0.330 e. The van der Waals surface area contributed by atoms with Gasteiger partial charge >= 0.3 is 0 Å². The summed E-state index contributed by atoms with van der Waals surface area (Å²) in [4.78, 5) is 16.6. The van der Waals surface area contributed by atoms with Crippen molar-refractivity contribution in [2.75, 3.05) is 11.1 Å². The molecule has 0 radical (unpaired) electrons. The van der Waals surface area contributed by atoms with E-state index >= 15 is 0 Å². The number of nitrogens with zero attached hydrogens (tertiary/aromatic N) is 2. The van der Waals surface area contributed by atoms with Gasteiger partial charge in [0.05, 0.1) is 5.75 Å². The summed E-state index contributed by atoms with van der Waals surface area (Å²) in [6.45, 7) is 6.50. The number of hydrogen-bond acceptors (Lipinski definition) is 4. The zero-order valence-electron chi connectivity index (χ0n) is 18.3. The minimum atomic E-state index is -3.37. The molecule has 0 unspecified atom stereocenters. The van der Waals surface area contributed by atoms with E-state index in [0.717, 1.165) is 27.9 Å². The number of imidazole rings is 1. The molecule has 0 aliphatic carbocycles. The first-order valence-corrected chi connectivity index (χ1v) is 12.2. The van der Waals surface area contributed by atoms with Gasteiger partial charge in [-0.25, -0.2) is 13.4 Å². The number of amides is 1. The summed E-state index contributed by atoms with van der Waals surface area (Å²) in [7, 11) is -3.37. The standard InChI is InChI=1S/C24H29N3O3S/c1-18-14-19(2)24(20(3)15-18)26-23(28)10-7-13-31(29,30)17-22-25-11-12-27(22)16-21-8-5-4-6-9-21/h4-6,8-9,11-12,14-15H,7,10,13,16-17H2,1-3H3,(H,26,28). The summed E-state index contributed by atoms with van der Waals surface area (Å²) < 4.78 is 27.1. The van der Waals surface area contributed by atoms with Crippen molar-refractivity contribution in [2.24, 2.45) is 0 Å². The second-order valence-corrected chi connectivity index (χ2v) is 10.2. The third-order valence-electron chi connectivity index (χ3n) is 5.15. The molecule has 1 N–H and O–H groups in total. The fourth-order valence-corrected chi connectivity index (χ4v) is 5.07. The van der Waals surface area contributed by atoms with Crippen molar-refractivity contribution in [1.29, 1.82) is 0 Å². The topological polar surface area (TPSA) is 81.1 Å². The van der Waals surface area contributed by atoms with E-state index in [2.05, 4.69) is 10.3 Å². The molecular weight excluding hydrogens is 410 g/mol. The summed E-state index contributed by atoms with van der Waals surface area (Å²) >= 11 is 0. The summed E-state index contributed by atoms with van der Waals surface area (Å²) in [5, 5.41) is 2.92. The van der Waals surface area contributed by atoms with Crippen LogP contribution in [0.1, 0.15) is 40.9 Å². The average molecular weight is 440 g/mol. The molecule has 3 rings (SSSR count). The molecule has 0 spiro atoms. The Labute approximate surface area is 184 Å². The van der Waals surface area contributed by atoms with Crippen molar-refractivity contribution in [1.82, 2.24) is 9.55 Å². The summed E-state index contributed by atoms with van der Waals surface area (Å²) in [6, 6.07) is 13.9. The summed E-state index contributed by atoms with van der Waals surface area (Å²) in [6.07, 6.45) is 3.84. The number of nitrogens with one attached hydrogen (secondary N) is 1. The predicted octanol–water partition coefficient (Wildman–Crippen LogP) is 4.19. The van der Waals surface area contributed by atoms with Crippen LogP contribution in [-0.2, 0) is 26.9 Å². The Morgan fingerprint density at radius 2 is 1.74 bits per heavy atom. The molecule has 0 atom stereocenters. The molecule has 2 aromatic carbocycles. The molecule has 6 nitrogen and oxygen atoms in total. The quantitative estimate of drug-likeness (QED) is 0.542. The highest BCUT2D eigenvalue weighted by molar-refractivity contribution is 7.90. The number of carbonyl (C=O) groups excluding carboxylic acids is 1. The van der Waals surface area contributed by atoms with Crippen LogP contribution in [0.25, 0.3) is 0 Å². The zero-order chi connectivity index (χ0) is 22.4. The van der Waals surface area contributed by atoms with Gasteiger partial charge < -0.3 is 9.88 Å². The molecule has 0 bridgehead atoms. The normalized spacial score (nSPS) is 11.5. The average Bonchev–Trinajstić information content (AvgIpc) is 3.11. The van der Waals surface area contributed by atoms with E-state index in [0.29, 0.717) is 12.4 Å². The van der Waals surface area contributed by atoms with Gasteiger partial charge in [0.25, 0.3) is 0 Å². The van der Waals surface area contributed by atoms with Crippen molar-refractivity contribution >= 4 is 21.4 Å². The maximum absolute atomic E-state index is 12.6. The van der Waals surface area contributed by atoms with E-state index in [4.69, 9.17) is 0 Å². The molecule has 1 heterocycles. The van der Waals surface area contributed by atoms with Crippen LogP contribution in [0.4, 0.5) is 5.69 Å². The molecule has 7 heteroatoms. The second kappa shape index (κ2) is 9.92. The van der Waals surface area contributed by atoms with Gasteiger partial charge in [-0.15, -0.1) is 0 Å². The van der Waals surface area contributed by atoms with Crippen molar-refractivity contribution < 1.29 is 13.2 Å². The lowest BCUT2D eigenvalue weighted by atomic mass is 10.0. The third kappa shape index (κ3) is 6.52. The molecule has 31 heavy (non-hydrogen) atoms. The predicted molar refractivity (Wildman–Crippen MR) is 124 cm³/mol. The smallest absolute Gasteiger partial charge is 0.224 e. The van der Waals surface area contributed by atoms with Crippen LogP contribution in [0.15, 0.2) is 54.9 Å². The van der Waals surface area contributed by atoms with Crippen molar-refractivity contribution in [3.8, 4) is 0 Å². The van der Waals surface area contributed by atoms with Crippen molar-refractivity contribution in [2.45, 2.75) is 45.9 Å². The van der Waals surface area contributed by atoms with Gasteiger partial charge in [0.2, 0.25) is 5.91 Å². The van der Waals surface area contributed by atoms with E-state index in [1.807, 2.05) is 67.8 Å². The van der Waals surface area contributed by atoms with Gasteiger partial charge in [0, 0.05) is 31.0 Å². The van der Waals surface area contributed by atoms with Gasteiger partial charge in [0.1, 0.15) is 11.6 Å². The highest BCUT2D eigenvalue weighted by atomic mass is 32.2. The van der Waals surface area contributed by atoms with Crippen LogP contribution < -0.4 is 5.32 Å². The molecule has 0 aliphatic heterocycles. The van der Waals surface area contributed by atoms with Crippen molar-refractivity contribution in [3.05, 3.63) is 82.9 Å². The van der Waals surface area contributed by atoms with E-state index < -0.39 is 9.84 Å². The van der Waals surface area contributed by atoms with Crippen LogP contribution in [-0.4, -0.2) is 29.6 Å². The highest BCUT2D eigenvalue weighted by Crippen LogP contribution is 2.22. The number of hydrogen-bond donors (Lipinski definition) is 1. The van der Waals surface area contributed by atoms with Crippen molar-refractivity contribution in [3.63, 3.8) is 0 Å².